The summed E-state index contributed by atoms with van der Waals surface area (Å²) in [5, 5.41) is 13.9. The summed E-state index contributed by atoms with van der Waals surface area (Å²) in [6.45, 7) is 1.88. The van der Waals surface area contributed by atoms with Crippen LogP contribution < -0.4 is 10.1 Å². The SMILES string of the molecule is Cl.O=C1C[C@@H]2CCN3C[C@H]2[C@@H](O1)[C@@H](O)COc1ccc(Br)cc1CNCC3=O. The maximum atomic E-state index is 12.6. The molecule has 1 aromatic rings. The summed E-state index contributed by atoms with van der Waals surface area (Å²) in [6, 6.07) is 5.62. The summed E-state index contributed by atoms with van der Waals surface area (Å²) in [5.41, 5.74) is 0.889. The molecular formula is C19H24BrClN2O5. The molecule has 4 atom stereocenters. The van der Waals surface area contributed by atoms with E-state index in [0.717, 1.165) is 16.5 Å². The molecule has 0 aliphatic carbocycles. The van der Waals surface area contributed by atoms with Crippen molar-refractivity contribution in [2.24, 2.45) is 11.8 Å². The number of hydrogen-bond acceptors (Lipinski definition) is 6. The Bertz CT molecular complexity index is 749. The van der Waals surface area contributed by atoms with Gasteiger partial charge < -0.3 is 24.8 Å². The Morgan fingerprint density at radius 1 is 1.25 bits per heavy atom. The largest absolute Gasteiger partial charge is 0.490 e. The molecular weight excluding hydrogens is 452 g/mol. The summed E-state index contributed by atoms with van der Waals surface area (Å²) in [4.78, 5) is 26.4. The van der Waals surface area contributed by atoms with Crippen LogP contribution >= 0.6 is 28.3 Å². The van der Waals surface area contributed by atoms with E-state index < -0.39 is 12.2 Å². The number of aliphatic hydroxyl groups is 1. The molecule has 3 heterocycles. The maximum absolute atomic E-state index is 12.6. The monoisotopic (exact) mass is 474 g/mol. The van der Waals surface area contributed by atoms with Crippen LogP contribution in [0.2, 0.25) is 0 Å². The van der Waals surface area contributed by atoms with E-state index in [1.165, 1.54) is 0 Å². The lowest BCUT2D eigenvalue weighted by Gasteiger charge is -2.45. The normalized spacial score (nSPS) is 30.4. The number of amides is 1. The number of nitrogens with one attached hydrogen (secondary N) is 1. The van der Waals surface area contributed by atoms with Crippen molar-refractivity contribution in [3.8, 4) is 5.75 Å². The molecule has 4 rings (SSSR count). The molecule has 9 heteroatoms. The number of ether oxygens (including phenoxy) is 2. The van der Waals surface area contributed by atoms with E-state index in [0.29, 0.717) is 31.8 Å². The summed E-state index contributed by atoms with van der Waals surface area (Å²) in [6.07, 6.45) is -0.490. The number of hydrogen-bond donors (Lipinski definition) is 2. The second-order valence-electron chi connectivity index (χ2n) is 7.44. The van der Waals surface area contributed by atoms with Crippen LogP contribution in [0.4, 0.5) is 0 Å². The molecule has 2 saturated heterocycles. The minimum Gasteiger partial charge on any atom is -0.490 e. The van der Waals surface area contributed by atoms with Gasteiger partial charge in [-0.2, -0.15) is 0 Å². The highest BCUT2D eigenvalue weighted by atomic mass is 79.9. The van der Waals surface area contributed by atoms with E-state index in [1.807, 2.05) is 23.1 Å². The van der Waals surface area contributed by atoms with Crippen LogP contribution in [0.25, 0.3) is 0 Å². The fourth-order valence-electron chi connectivity index (χ4n) is 4.26. The molecule has 1 aromatic carbocycles. The fraction of sp³-hybridized carbons (Fsp3) is 0.579. The molecule has 0 saturated carbocycles. The predicted molar refractivity (Wildman–Crippen MR) is 107 cm³/mol. The molecule has 3 aliphatic rings. The van der Waals surface area contributed by atoms with E-state index in [-0.39, 0.29) is 49.3 Å². The van der Waals surface area contributed by atoms with Gasteiger partial charge in [-0.05, 0) is 30.5 Å². The Labute approximate surface area is 178 Å². The number of carbonyl (C=O) groups excluding carboxylic acids is 2. The maximum Gasteiger partial charge on any atom is 0.306 e. The number of fused-ring (bicyclic) bond motifs is 2. The molecule has 2 fully saturated rings. The number of aliphatic hydroxyl groups excluding tert-OH is 1. The molecule has 7 nitrogen and oxygen atoms in total. The summed E-state index contributed by atoms with van der Waals surface area (Å²) < 4.78 is 12.3. The average Bonchev–Trinajstić information content (AvgIpc) is 2.66. The smallest absolute Gasteiger partial charge is 0.306 e. The van der Waals surface area contributed by atoms with E-state index in [4.69, 9.17) is 9.47 Å². The molecule has 154 valence electrons. The van der Waals surface area contributed by atoms with Crippen LogP contribution in [0.1, 0.15) is 18.4 Å². The molecule has 0 spiro atoms. The first-order valence-corrected chi connectivity index (χ1v) is 10.1. The van der Waals surface area contributed by atoms with Gasteiger partial charge in [0.1, 0.15) is 24.6 Å². The number of carbonyl (C=O) groups is 2. The highest BCUT2D eigenvalue weighted by Crippen LogP contribution is 2.36. The van der Waals surface area contributed by atoms with Crippen LogP contribution in [-0.4, -0.2) is 60.3 Å². The lowest BCUT2D eigenvalue weighted by molar-refractivity contribution is -0.181. The van der Waals surface area contributed by atoms with Gasteiger partial charge in [-0.25, -0.2) is 0 Å². The number of esters is 1. The lowest BCUT2D eigenvalue weighted by Crippen LogP contribution is -2.56. The van der Waals surface area contributed by atoms with Gasteiger partial charge in [-0.15, -0.1) is 12.4 Å². The van der Waals surface area contributed by atoms with Crippen molar-refractivity contribution < 1.29 is 24.2 Å². The van der Waals surface area contributed by atoms with Crippen molar-refractivity contribution in [3.05, 3.63) is 28.2 Å². The van der Waals surface area contributed by atoms with Crippen molar-refractivity contribution >= 4 is 40.2 Å². The highest BCUT2D eigenvalue weighted by molar-refractivity contribution is 9.10. The van der Waals surface area contributed by atoms with E-state index in [1.54, 1.807) is 0 Å². The molecule has 2 bridgehead atoms. The van der Waals surface area contributed by atoms with Gasteiger partial charge in [0.25, 0.3) is 0 Å². The molecule has 3 aliphatic heterocycles. The molecule has 28 heavy (non-hydrogen) atoms. The van der Waals surface area contributed by atoms with Crippen molar-refractivity contribution in [2.45, 2.75) is 31.6 Å². The standard InChI is InChI=1S/C19H23BrN2O5.ClH/c20-13-1-2-16-12(5-13)7-21-8-17(24)22-4-3-11-6-18(25)27-19(14(11)9-22)15(23)10-26-16;/h1-2,5,11,14-15,19,21,23H,3-4,6-10H2;1H/t11-,14+,15-,19+;/m0./s1. The van der Waals surface area contributed by atoms with Crippen LogP contribution in [0.15, 0.2) is 22.7 Å². The van der Waals surface area contributed by atoms with Gasteiger partial charge in [0.05, 0.1) is 6.54 Å². The third kappa shape index (κ3) is 4.45. The highest BCUT2D eigenvalue weighted by Gasteiger charge is 2.45. The van der Waals surface area contributed by atoms with Crippen molar-refractivity contribution in [3.63, 3.8) is 0 Å². The third-order valence-electron chi connectivity index (χ3n) is 5.68. The fourth-order valence-corrected chi connectivity index (χ4v) is 4.67. The summed E-state index contributed by atoms with van der Waals surface area (Å²) >= 11 is 3.45. The quantitative estimate of drug-likeness (QED) is 0.553. The zero-order valence-electron chi connectivity index (χ0n) is 15.3. The first-order valence-electron chi connectivity index (χ1n) is 9.28. The van der Waals surface area contributed by atoms with E-state index in [2.05, 4.69) is 21.2 Å². The number of benzene rings is 1. The first kappa shape index (κ1) is 21.4. The van der Waals surface area contributed by atoms with Crippen molar-refractivity contribution in [1.82, 2.24) is 10.2 Å². The molecule has 0 unspecified atom stereocenters. The third-order valence-corrected chi connectivity index (χ3v) is 6.17. The zero-order valence-corrected chi connectivity index (χ0v) is 17.7. The van der Waals surface area contributed by atoms with E-state index in [9.17, 15) is 14.7 Å². The molecule has 0 radical (unpaired) electrons. The van der Waals surface area contributed by atoms with Gasteiger partial charge in [0.15, 0.2) is 0 Å². The van der Waals surface area contributed by atoms with Crippen molar-refractivity contribution in [1.29, 1.82) is 0 Å². The van der Waals surface area contributed by atoms with Crippen molar-refractivity contribution in [2.75, 3.05) is 26.2 Å². The second kappa shape index (κ2) is 8.98. The van der Waals surface area contributed by atoms with Gasteiger partial charge in [-0.3, -0.25) is 9.59 Å². The molecule has 1 amide bonds. The van der Waals surface area contributed by atoms with Crippen LogP contribution in [0, 0.1) is 11.8 Å². The minimum absolute atomic E-state index is 0. The Balaban J connectivity index is 0.00000225. The Hall–Kier alpha value is -1.35. The Morgan fingerprint density at radius 3 is 2.89 bits per heavy atom. The minimum atomic E-state index is -0.943. The molecule has 2 N–H and O–H groups in total. The zero-order chi connectivity index (χ0) is 19.0. The number of rotatable bonds is 0. The second-order valence-corrected chi connectivity index (χ2v) is 8.36. The Morgan fingerprint density at radius 2 is 2.07 bits per heavy atom. The van der Waals surface area contributed by atoms with Gasteiger partial charge >= 0.3 is 5.97 Å². The van der Waals surface area contributed by atoms with Crippen LogP contribution in [0.3, 0.4) is 0 Å². The van der Waals surface area contributed by atoms with E-state index >= 15 is 0 Å². The van der Waals surface area contributed by atoms with Crippen LogP contribution in [-0.2, 0) is 20.9 Å². The molecule has 0 aromatic heterocycles. The van der Waals surface area contributed by atoms with Gasteiger partial charge in [0.2, 0.25) is 5.91 Å². The topological polar surface area (TPSA) is 88.1 Å². The summed E-state index contributed by atoms with van der Waals surface area (Å²) in [7, 11) is 0. The number of halogens is 2. The van der Waals surface area contributed by atoms with Gasteiger partial charge in [0, 0.05) is 42.0 Å². The number of piperidine rings is 1. The first-order chi connectivity index (χ1) is 13.0. The number of nitrogens with zero attached hydrogens (tertiary/aromatic N) is 1. The van der Waals surface area contributed by atoms with Gasteiger partial charge in [-0.1, -0.05) is 15.9 Å². The Kier molecular flexibility index (Phi) is 6.85. The predicted octanol–water partition coefficient (Wildman–Crippen LogP) is 1.49. The lowest BCUT2D eigenvalue weighted by atomic mass is 9.76. The average molecular weight is 476 g/mol. The van der Waals surface area contributed by atoms with Crippen LogP contribution in [0.5, 0.6) is 5.75 Å². The summed E-state index contributed by atoms with van der Waals surface area (Å²) in [5.74, 6) is 0.449.